The summed E-state index contributed by atoms with van der Waals surface area (Å²) in [5.74, 6) is -5.26. The summed E-state index contributed by atoms with van der Waals surface area (Å²) in [6.45, 7) is 18.9. The van der Waals surface area contributed by atoms with Gasteiger partial charge in [-0.3, -0.25) is 14.4 Å². The Kier molecular flexibility index (Phi) is 17.2. The van der Waals surface area contributed by atoms with Gasteiger partial charge in [0.1, 0.15) is 30.3 Å². The number of aliphatic imine (C=N–C) groups is 1. The summed E-state index contributed by atoms with van der Waals surface area (Å²) in [5.41, 5.74) is -0.881. The van der Waals surface area contributed by atoms with Crippen LogP contribution in [0.3, 0.4) is 0 Å². The highest BCUT2D eigenvalue weighted by atomic mass is 16.7. The van der Waals surface area contributed by atoms with Crippen molar-refractivity contribution in [1.82, 2.24) is 4.90 Å². The van der Waals surface area contributed by atoms with Crippen LogP contribution >= 0.6 is 0 Å². The number of likely N-dealkylation sites (N-methyl/N-ethyl adjacent to an activating group) is 1. The van der Waals surface area contributed by atoms with Gasteiger partial charge < -0.3 is 38.9 Å². The summed E-state index contributed by atoms with van der Waals surface area (Å²) in [6.07, 6.45) is -0.816. The molecule has 3 fully saturated rings. The van der Waals surface area contributed by atoms with Crippen LogP contribution in [0.1, 0.15) is 120 Å². The fraction of sp³-hybridized carbons (Fsp3) is 0.756. The number of esters is 1. The molecule has 3 aliphatic rings. The first-order valence-electron chi connectivity index (χ1n) is 21.4. The number of benzene rings is 1. The van der Waals surface area contributed by atoms with Crippen LogP contribution in [0.5, 0.6) is 0 Å². The molecule has 4 rings (SSSR count). The normalized spacial score (nSPS) is 38.5. The Morgan fingerprint density at radius 1 is 1.05 bits per heavy atom. The van der Waals surface area contributed by atoms with E-state index in [0.29, 0.717) is 30.7 Å². The third kappa shape index (κ3) is 11.6. The average Bonchev–Trinajstić information content (AvgIpc) is 3.19. The third-order valence-electron chi connectivity index (χ3n) is 12.8. The van der Waals surface area contributed by atoms with Crippen LogP contribution < -0.4 is 0 Å². The summed E-state index contributed by atoms with van der Waals surface area (Å²) in [7, 11) is 1.99. The molecule has 0 saturated carbocycles. The molecule has 1 amide bonds. The van der Waals surface area contributed by atoms with Crippen molar-refractivity contribution in [3.05, 3.63) is 35.9 Å². The van der Waals surface area contributed by atoms with Crippen molar-refractivity contribution in [1.29, 1.82) is 0 Å². The lowest BCUT2D eigenvalue weighted by Crippen LogP contribution is -2.60. The van der Waals surface area contributed by atoms with E-state index in [0.717, 1.165) is 24.9 Å². The van der Waals surface area contributed by atoms with Crippen molar-refractivity contribution < 1.29 is 48.4 Å². The molecule has 3 saturated heterocycles. The van der Waals surface area contributed by atoms with Crippen LogP contribution in [-0.2, 0) is 44.8 Å². The van der Waals surface area contributed by atoms with E-state index in [1.165, 1.54) is 13.8 Å². The van der Waals surface area contributed by atoms with Gasteiger partial charge in [-0.2, -0.15) is 0 Å². The van der Waals surface area contributed by atoms with Gasteiger partial charge in [0.15, 0.2) is 12.1 Å². The van der Waals surface area contributed by atoms with E-state index in [1.807, 2.05) is 72.0 Å². The standard InChI is InChI=1S/C45H71N3O10/c1-12-14-22-48(11)36-23-28(4)56-43(40(36)51)58-41-30(6)39(50)31(7)42(52)57-37(13-2)45(10,53)35-21-20-34(47-55-25-33-18-16-15-17-19-33)26-54-44(41,9)24-27(3)38(29(35)5)46-32(8)49/h15-19,27-31,35-37,40-41,43,51,53H,12-14,20-26H2,1-11H3/b46-38?,47-34+/t27-,28-,29-,30+,31-,35-,36+,37-,40-,41-,43+,44-,45+/m1/s1. The lowest BCUT2D eigenvalue weighted by Gasteiger charge is -2.48. The first-order valence-corrected chi connectivity index (χ1v) is 21.4. The third-order valence-corrected chi connectivity index (χ3v) is 12.8. The minimum Gasteiger partial charge on any atom is -0.459 e. The van der Waals surface area contributed by atoms with Gasteiger partial charge in [0, 0.05) is 30.5 Å². The minimum absolute atomic E-state index is 0.0176. The maximum absolute atomic E-state index is 14.6. The van der Waals surface area contributed by atoms with E-state index in [2.05, 4.69) is 22.0 Å². The number of ether oxygens (including phenoxy) is 4. The number of unbranched alkanes of at least 4 members (excludes halogenated alkanes) is 1. The molecular weight excluding hydrogens is 743 g/mol. The second-order valence-corrected chi connectivity index (χ2v) is 17.6. The van der Waals surface area contributed by atoms with E-state index in [9.17, 15) is 24.6 Å². The summed E-state index contributed by atoms with van der Waals surface area (Å²) in [5, 5.41) is 29.0. The van der Waals surface area contributed by atoms with E-state index in [-0.39, 0.29) is 38.2 Å². The number of nitrogens with zero attached hydrogens (tertiary/aromatic N) is 3. The molecule has 0 radical (unpaired) electrons. The Morgan fingerprint density at radius 2 is 1.74 bits per heavy atom. The van der Waals surface area contributed by atoms with Crippen LogP contribution in [0.15, 0.2) is 40.5 Å². The van der Waals surface area contributed by atoms with Gasteiger partial charge in [0.2, 0.25) is 5.91 Å². The number of Topliss-reactive ketones (excluding diaryl/α,β-unsaturated/α-hetero) is 1. The number of cyclic esters (lactones) is 1. The lowest BCUT2D eigenvalue weighted by molar-refractivity contribution is -0.296. The number of oxime groups is 1. The highest BCUT2D eigenvalue weighted by Gasteiger charge is 2.52. The van der Waals surface area contributed by atoms with Crippen molar-refractivity contribution in [2.45, 2.75) is 169 Å². The predicted molar refractivity (Wildman–Crippen MR) is 222 cm³/mol. The maximum atomic E-state index is 14.6. The molecule has 3 heterocycles. The predicted octanol–water partition coefficient (Wildman–Crippen LogP) is 6.30. The molecule has 58 heavy (non-hydrogen) atoms. The van der Waals surface area contributed by atoms with E-state index in [1.54, 1.807) is 13.8 Å². The number of rotatable bonds is 10. The second-order valence-electron chi connectivity index (χ2n) is 17.6. The molecule has 0 aromatic heterocycles. The molecule has 2 N–H and O–H groups in total. The van der Waals surface area contributed by atoms with Gasteiger partial charge in [0.05, 0.1) is 30.1 Å². The monoisotopic (exact) mass is 814 g/mol. The summed E-state index contributed by atoms with van der Waals surface area (Å²) < 4.78 is 26.3. The van der Waals surface area contributed by atoms with Gasteiger partial charge in [0.25, 0.3) is 0 Å². The number of fused-ring (bicyclic) bond motifs is 5. The highest BCUT2D eigenvalue weighted by molar-refractivity contribution is 6.00. The van der Waals surface area contributed by atoms with E-state index < -0.39 is 83.1 Å². The molecule has 326 valence electrons. The summed E-state index contributed by atoms with van der Waals surface area (Å²) in [4.78, 5) is 54.0. The van der Waals surface area contributed by atoms with Gasteiger partial charge >= 0.3 is 5.97 Å². The number of carbonyl (C=O) groups excluding carboxylic acids is 3. The van der Waals surface area contributed by atoms with Crippen LogP contribution in [0, 0.1) is 29.6 Å². The van der Waals surface area contributed by atoms with Crippen molar-refractivity contribution in [3.8, 4) is 0 Å². The van der Waals surface area contributed by atoms with Crippen LogP contribution in [-0.4, -0.2) is 112 Å². The zero-order valence-corrected chi connectivity index (χ0v) is 36.8. The lowest BCUT2D eigenvalue weighted by atomic mass is 9.68. The zero-order chi connectivity index (χ0) is 42.9. The molecule has 0 spiro atoms. The zero-order valence-electron chi connectivity index (χ0n) is 36.8. The number of hydrogen-bond acceptors (Lipinski definition) is 12. The van der Waals surface area contributed by atoms with Gasteiger partial charge in [-0.05, 0) is 97.2 Å². The van der Waals surface area contributed by atoms with Crippen molar-refractivity contribution in [3.63, 3.8) is 0 Å². The number of ketones is 1. The van der Waals surface area contributed by atoms with E-state index >= 15 is 0 Å². The number of hydrogen-bond donors (Lipinski definition) is 2. The Balaban J connectivity index is 1.92. The van der Waals surface area contributed by atoms with Crippen molar-refractivity contribution in [2.24, 2.45) is 39.7 Å². The highest BCUT2D eigenvalue weighted by Crippen LogP contribution is 2.42. The largest absolute Gasteiger partial charge is 0.459 e. The quantitative estimate of drug-likeness (QED) is 0.155. The smallest absolute Gasteiger partial charge is 0.316 e. The Morgan fingerprint density at radius 3 is 2.38 bits per heavy atom. The fourth-order valence-corrected chi connectivity index (χ4v) is 9.40. The molecule has 13 atom stereocenters. The first-order chi connectivity index (χ1) is 27.3. The molecule has 3 aliphatic heterocycles. The number of carbonyl (C=O) groups is 3. The Hall–Kier alpha value is -3.07. The fourth-order valence-electron chi connectivity index (χ4n) is 9.40. The van der Waals surface area contributed by atoms with Gasteiger partial charge in [-0.25, -0.2) is 4.99 Å². The van der Waals surface area contributed by atoms with Gasteiger partial charge in [-0.15, -0.1) is 0 Å². The van der Waals surface area contributed by atoms with Crippen molar-refractivity contribution in [2.75, 3.05) is 20.2 Å². The number of aliphatic hydroxyl groups is 2. The Labute approximate surface area is 346 Å². The Bertz CT molecular complexity index is 1580. The topological polar surface area (TPSA) is 166 Å². The molecule has 13 heteroatoms. The molecule has 0 unspecified atom stereocenters. The average molecular weight is 814 g/mol. The molecule has 13 nitrogen and oxygen atoms in total. The first kappa shape index (κ1) is 47.6. The van der Waals surface area contributed by atoms with Gasteiger partial charge in [-0.1, -0.05) is 76.5 Å². The minimum atomic E-state index is -1.61. The van der Waals surface area contributed by atoms with Crippen LogP contribution in [0.25, 0.3) is 0 Å². The summed E-state index contributed by atoms with van der Waals surface area (Å²) >= 11 is 0. The summed E-state index contributed by atoms with van der Waals surface area (Å²) in [6, 6.07) is 9.40. The SMILES string of the molecule is CCCCN(C)[C@H]1C[C@@H](C)O[C@@H](O[C@@H]2[C@@H](C)C(=O)[C@@H](C)C(=O)O[C@H](CC)[C@@](C)(O)[C@@H]3CC/C(=N\OCc4ccccc4)CO[C@]2(C)C[C@@H](C)C(=NC(C)=O)[C@@H]3C)[C@@H]1O. The molecular formula is C45H71N3O10. The van der Waals surface area contributed by atoms with Crippen LogP contribution in [0.4, 0.5) is 0 Å². The molecule has 1 aromatic rings. The molecule has 1 aromatic carbocycles. The van der Waals surface area contributed by atoms with Crippen LogP contribution in [0.2, 0.25) is 0 Å². The molecule has 2 bridgehead atoms. The molecule has 0 aliphatic carbocycles. The van der Waals surface area contributed by atoms with E-state index in [4.69, 9.17) is 23.8 Å². The van der Waals surface area contributed by atoms with Crippen molar-refractivity contribution >= 4 is 29.1 Å². The second kappa shape index (κ2) is 20.9. The number of amides is 1. The number of aliphatic hydroxyl groups excluding tert-OH is 1. The maximum Gasteiger partial charge on any atom is 0.316 e.